The van der Waals surface area contributed by atoms with E-state index in [9.17, 15) is 5.26 Å². The Bertz CT molecular complexity index is 2930. The predicted molar refractivity (Wildman–Crippen MR) is 221 cm³/mol. The first kappa shape index (κ1) is 31.4. The van der Waals surface area contributed by atoms with Crippen molar-refractivity contribution in [2.24, 2.45) is 0 Å². The van der Waals surface area contributed by atoms with Gasteiger partial charge in [-0.15, -0.1) is 0 Å². The molecule has 0 saturated carbocycles. The molecule has 0 spiro atoms. The fourth-order valence-corrected chi connectivity index (χ4v) is 8.03. The number of rotatable bonds is 5. The van der Waals surface area contributed by atoms with Crippen molar-refractivity contribution in [3.63, 3.8) is 0 Å². The molecule has 5 heteroatoms. The molecule has 3 heterocycles. The minimum atomic E-state index is 0.556. The van der Waals surface area contributed by atoms with Gasteiger partial charge in [0.15, 0.2) is 5.82 Å². The van der Waals surface area contributed by atoms with Crippen LogP contribution in [0.1, 0.15) is 16.7 Å². The minimum Gasteiger partial charge on any atom is -0.308 e. The summed E-state index contributed by atoms with van der Waals surface area (Å²) in [6.45, 7) is 4.26. The molecule has 0 unspecified atom stereocenters. The lowest BCUT2D eigenvalue weighted by Gasteiger charge is -2.21. The Kier molecular flexibility index (Phi) is 7.24. The van der Waals surface area contributed by atoms with Gasteiger partial charge in [-0.25, -0.2) is 9.97 Å². The number of nitriles is 1. The molecule has 0 aliphatic rings. The van der Waals surface area contributed by atoms with E-state index in [0.29, 0.717) is 11.4 Å². The van der Waals surface area contributed by atoms with E-state index in [1.165, 1.54) is 11.1 Å². The Morgan fingerprint density at radius 1 is 0.444 bits per heavy atom. The maximum Gasteiger partial charge on any atom is 0.160 e. The van der Waals surface area contributed by atoms with Crippen LogP contribution in [0, 0.1) is 25.2 Å². The van der Waals surface area contributed by atoms with Crippen LogP contribution in [0.25, 0.3) is 88.9 Å². The van der Waals surface area contributed by atoms with Gasteiger partial charge in [0.25, 0.3) is 0 Å². The zero-order valence-corrected chi connectivity index (χ0v) is 29.8. The summed E-state index contributed by atoms with van der Waals surface area (Å²) in [5.41, 5.74) is 13.3. The molecule has 0 bridgehead atoms. The summed E-state index contributed by atoms with van der Waals surface area (Å²) < 4.78 is 4.63. The SMILES string of the molecule is Cc1ccc2c(c1)c1ccccc1n2-c1cc(C#N)cc(-n2c3ccccc3c3cc(C)ccc32)c1-c1cc(-c2ccccc2)nc(-c2ccccc2)n1. The number of nitrogens with zero attached hydrogens (tertiary/aromatic N) is 5. The van der Waals surface area contributed by atoms with Gasteiger partial charge < -0.3 is 9.13 Å². The number of aryl methyl sites for hydroxylation is 2. The molecule has 0 radical (unpaired) electrons. The summed E-state index contributed by atoms with van der Waals surface area (Å²) in [5.74, 6) is 0.629. The highest BCUT2D eigenvalue weighted by atomic mass is 15.0. The minimum absolute atomic E-state index is 0.556. The molecular weight excluding hydrogens is 659 g/mol. The summed E-state index contributed by atoms with van der Waals surface area (Å²) in [6.07, 6.45) is 0. The number of hydrogen-bond donors (Lipinski definition) is 0. The van der Waals surface area contributed by atoms with E-state index in [1.54, 1.807) is 0 Å². The van der Waals surface area contributed by atoms with Gasteiger partial charge in [0.05, 0.1) is 56.5 Å². The van der Waals surface area contributed by atoms with E-state index in [0.717, 1.165) is 83.1 Å². The number of aromatic nitrogens is 4. The average Bonchev–Trinajstić information content (AvgIpc) is 3.72. The van der Waals surface area contributed by atoms with Gasteiger partial charge in [0.2, 0.25) is 0 Å². The summed E-state index contributed by atoms with van der Waals surface area (Å²) >= 11 is 0. The molecule has 10 rings (SSSR count). The van der Waals surface area contributed by atoms with Crippen LogP contribution in [0.15, 0.2) is 164 Å². The van der Waals surface area contributed by atoms with Crippen molar-refractivity contribution in [1.29, 1.82) is 5.26 Å². The van der Waals surface area contributed by atoms with Crippen molar-refractivity contribution in [2.45, 2.75) is 13.8 Å². The van der Waals surface area contributed by atoms with Crippen LogP contribution in [-0.2, 0) is 0 Å². The van der Waals surface area contributed by atoms with Gasteiger partial charge in [-0.1, -0.05) is 120 Å². The van der Waals surface area contributed by atoms with Gasteiger partial charge >= 0.3 is 0 Å². The third kappa shape index (κ3) is 5.00. The Morgan fingerprint density at radius 2 is 0.907 bits per heavy atom. The molecule has 0 fully saturated rings. The lowest BCUT2D eigenvalue weighted by atomic mass is 10.00. The highest BCUT2D eigenvalue weighted by Crippen LogP contribution is 2.43. The topological polar surface area (TPSA) is 59.4 Å². The van der Waals surface area contributed by atoms with E-state index in [1.807, 2.05) is 48.5 Å². The zero-order chi connectivity index (χ0) is 36.3. The average molecular weight is 692 g/mol. The predicted octanol–water partition coefficient (Wildman–Crippen LogP) is 12.2. The summed E-state index contributed by atoms with van der Waals surface area (Å²) in [5, 5.41) is 15.4. The molecule has 0 aliphatic heterocycles. The number of fused-ring (bicyclic) bond motifs is 6. The number of hydrogen-bond acceptors (Lipinski definition) is 3. The number of benzene rings is 7. The van der Waals surface area contributed by atoms with Crippen LogP contribution >= 0.6 is 0 Å². The van der Waals surface area contributed by atoms with Crippen LogP contribution in [0.4, 0.5) is 0 Å². The van der Waals surface area contributed by atoms with Crippen molar-refractivity contribution in [3.8, 4) is 51.3 Å². The Hall–Kier alpha value is -7.29. The van der Waals surface area contributed by atoms with Crippen LogP contribution in [0.5, 0.6) is 0 Å². The Morgan fingerprint density at radius 3 is 1.44 bits per heavy atom. The summed E-state index contributed by atoms with van der Waals surface area (Å²) in [4.78, 5) is 10.6. The van der Waals surface area contributed by atoms with Crippen molar-refractivity contribution < 1.29 is 0 Å². The second-order valence-electron chi connectivity index (χ2n) is 13.9. The van der Waals surface area contributed by atoms with Gasteiger partial charge in [0, 0.05) is 38.2 Å². The Labute approximate surface area is 312 Å². The van der Waals surface area contributed by atoms with Crippen molar-refractivity contribution in [3.05, 3.63) is 180 Å². The van der Waals surface area contributed by atoms with E-state index < -0.39 is 0 Å². The van der Waals surface area contributed by atoms with Gasteiger partial charge in [-0.05, 0) is 68.4 Å². The molecule has 254 valence electrons. The Balaban J connectivity index is 1.42. The fourth-order valence-electron chi connectivity index (χ4n) is 8.03. The first-order valence-corrected chi connectivity index (χ1v) is 18.1. The third-order valence-electron chi connectivity index (χ3n) is 10.4. The number of para-hydroxylation sites is 2. The van der Waals surface area contributed by atoms with Crippen LogP contribution in [0.2, 0.25) is 0 Å². The molecule has 54 heavy (non-hydrogen) atoms. The summed E-state index contributed by atoms with van der Waals surface area (Å²) in [6, 6.07) is 59.4. The van der Waals surface area contributed by atoms with E-state index in [-0.39, 0.29) is 0 Å². The monoisotopic (exact) mass is 691 g/mol. The normalized spacial score (nSPS) is 11.5. The third-order valence-corrected chi connectivity index (χ3v) is 10.4. The highest BCUT2D eigenvalue weighted by molar-refractivity contribution is 6.12. The highest BCUT2D eigenvalue weighted by Gasteiger charge is 2.25. The van der Waals surface area contributed by atoms with E-state index >= 15 is 0 Å². The lowest BCUT2D eigenvalue weighted by molar-refractivity contribution is 1.11. The van der Waals surface area contributed by atoms with Gasteiger partial charge in [-0.2, -0.15) is 5.26 Å². The molecule has 5 nitrogen and oxygen atoms in total. The van der Waals surface area contributed by atoms with Crippen molar-refractivity contribution in [1.82, 2.24) is 19.1 Å². The largest absolute Gasteiger partial charge is 0.308 e. The summed E-state index contributed by atoms with van der Waals surface area (Å²) in [7, 11) is 0. The standard InChI is InChI=1S/C49H33N5/c1-31-21-23-44-38(25-31)36-17-9-11-19-42(36)53(44)46-27-33(30-50)28-47(54-43-20-12-10-18-37(43)39-26-32(2)22-24-45(39)54)48(46)41-29-40(34-13-5-3-6-14-34)51-49(52-41)35-15-7-4-8-16-35/h3-29H,1-2H3. The molecule has 0 aliphatic carbocycles. The first-order valence-electron chi connectivity index (χ1n) is 18.1. The molecule has 0 saturated heterocycles. The van der Waals surface area contributed by atoms with Gasteiger partial charge in [0.1, 0.15) is 0 Å². The molecular formula is C49H33N5. The molecule has 10 aromatic rings. The van der Waals surface area contributed by atoms with E-state index in [4.69, 9.17) is 9.97 Å². The van der Waals surface area contributed by atoms with Crippen LogP contribution < -0.4 is 0 Å². The van der Waals surface area contributed by atoms with Crippen LogP contribution in [-0.4, -0.2) is 19.1 Å². The second kappa shape index (κ2) is 12.4. The van der Waals surface area contributed by atoms with Crippen molar-refractivity contribution in [2.75, 3.05) is 0 Å². The fraction of sp³-hybridized carbons (Fsp3) is 0.0408. The smallest absolute Gasteiger partial charge is 0.160 e. The van der Waals surface area contributed by atoms with Crippen LogP contribution in [0.3, 0.4) is 0 Å². The second-order valence-corrected chi connectivity index (χ2v) is 13.9. The molecule has 3 aromatic heterocycles. The lowest BCUT2D eigenvalue weighted by Crippen LogP contribution is -2.07. The maximum absolute atomic E-state index is 10.8. The molecule has 7 aromatic carbocycles. The van der Waals surface area contributed by atoms with E-state index in [2.05, 4.69) is 144 Å². The zero-order valence-electron chi connectivity index (χ0n) is 29.8. The van der Waals surface area contributed by atoms with Crippen molar-refractivity contribution >= 4 is 43.6 Å². The first-order chi connectivity index (χ1) is 26.6. The molecule has 0 N–H and O–H groups in total. The maximum atomic E-state index is 10.8. The molecule has 0 amide bonds. The quantitative estimate of drug-likeness (QED) is 0.180. The molecule has 0 atom stereocenters. The van der Waals surface area contributed by atoms with Gasteiger partial charge in [-0.3, -0.25) is 0 Å².